The van der Waals surface area contributed by atoms with Crippen LogP contribution < -0.4 is 11.1 Å². The molecule has 1 aliphatic heterocycles. The molecule has 0 radical (unpaired) electrons. The molecule has 0 saturated carbocycles. The molecule has 1 atom stereocenters. The monoisotopic (exact) mass is 293 g/mol. The highest BCUT2D eigenvalue weighted by molar-refractivity contribution is 5.99. The van der Waals surface area contributed by atoms with Crippen LogP contribution in [0.3, 0.4) is 0 Å². The van der Waals surface area contributed by atoms with E-state index in [2.05, 4.69) is 10.5 Å². The molecule has 114 valence electrons. The quantitative estimate of drug-likeness (QED) is 0.314. The summed E-state index contributed by atoms with van der Waals surface area (Å²) in [5.41, 5.74) is 6.07. The minimum absolute atomic E-state index is 0.00315. The lowest BCUT2D eigenvalue weighted by Crippen LogP contribution is -2.45. The van der Waals surface area contributed by atoms with E-state index in [0.29, 0.717) is 30.9 Å². The Kier molecular flexibility index (Phi) is 4.77. The highest BCUT2D eigenvalue weighted by atomic mass is 16.5. The Morgan fingerprint density at radius 2 is 2.14 bits per heavy atom. The molecule has 1 unspecified atom stereocenters. The van der Waals surface area contributed by atoms with Gasteiger partial charge in [-0.25, -0.2) is 0 Å². The lowest BCUT2D eigenvalue weighted by molar-refractivity contribution is -0.0148. The molecule has 0 bridgehead atoms. The predicted molar refractivity (Wildman–Crippen MR) is 76.5 cm³/mol. The maximum atomic E-state index is 12.1. The third-order valence-electron chi connectivity index (χ3n) is 3.62. The van der Waals surface area contributed by atoms with Crippen molar-refractivity contribution in [1.82, 2.24) is 5.32 Å². The van der Waals surface area contributed by atoms with Gasteiger partial charge in [0.2, 0.25) is 0 Å². The third-order valence-corrected chi connectivity index (χ3v) is 3.62. The first-order valence-electron chi connectivity index (χ1n) is 6.59. The first kappa shape index (κ1) is 15.3. The summed E-state index contributed by atoms with van der Waals surface area (Å²) >= 11 is 0. The van der Waals surface area contributed by atoms with Crippen LogP contribution in [-0.2, 0) is 9.47 Å². The number of nitrogens with one attached hydrogen (secondary N) is 1. The van der Waals surface area contributed by atoms with Gasteiger partial charge >= 0.3 is 0 Å². The van der Waals surface area contributed by atoms with Gasteiger partial charge < -0.3 is 25.7 Å². The second kappa shape index (κ2) is 6.55. The summed E-state index contributed by atoms with van der Waals surface area (Å²) in [4.78, 5) is 12.1. The van der Waals surface area contributed by atoms with E-state index in [0.717, 1.165) is 6.42 Å². The fraction of sp³-hybridized carbons (Fsp3) is 0.429. The van der Waals surface area contributed by atoms with Crippen molar-refractivity contribution in [3.63, 3.8) is 0 Å². The second-order valence-corrected chi connectivity index (χ2v) is 4.93. The Hall–Kier alpha value is -2.12. The molecule has 21 heavy (non-hydrogen) atoms. The van der Waals surface area contributed by atoms with Crippen molar-refractivity contribution < 1.29 is 19.5 Å². The summed E-state index contributed by atoms with van der Waals surface area (Å²) < 4.78 is 10.8. The van der Waals surface area contributed by atoms with Crippen LogP contribution in [0.15, 0.2) is 29.4 Å². The number of hydrogen-bond acceptors (Lipinski definition) is 5. The lowest BCUT2D eigenvalue weighted by Gasteiger charge is -2.25. The molecule has 7 nitrogen and oxygen atoms in total. The van der Waals surface area contributed by atoms with Gasteiger partial charge in [0.25, 0.3) is 5.91 Å². The zero-order chi connectivity index (χ0) is 15.3. The van der Waals surface area contributed by atoms with E-state index in [9.17, 15) is 4.79 Å². The molecular weight excluding hydrogens is 274 g/mol. The van der Waals surface area contributed by atoms with E-state index < -0.39 is 5.60 Å². The fourth-order valence-electron chi connectivity index (χ4n) is 2.15. The molecule has 1 fully saturated rings. The van der Waals surface area contributed by atoms with Crippen LogP contribution in [0.2, 0.25) is 0 Å². The highest BCUT2D eigenvalue weighted by Gasteiger charge is 2.35. The largest absolute Gasteiger partial charge is 0.409 e. The Bertz CT molecular complexity index is 522. The first-order valence-corrected chi connectivity index (χ1v) is 6.59. The van der Waals surface area contributed by atoms with Gasteiger partial charge in [-0.15, -0.1) is 0 Å². The zero-order valence-corrected chi connectivity index (χ0v) is 11.8. The molecule has 1 amide bonds. The van der Waals surface area contributed by atoms with Crippen molar-refractivity contribution in [3.8, 4) is 0 Å². The summed E-state index contributed by atoms with van der Waals surface area (Å²) in [5, 5.41) is 14.3. The molecule has 4 N–H and O–H groups in total. The molecule has 2 rings (SSSR count). The van der Waals surface area contributed by atoms with Crippen molar-refractivity contribution in [2.75, 3.05) is 26.9 Å². The second-order valence-electron chi connectivity index (χ2n) is 4.93. The van der Waals surface area contributed by atoms with E-state index in [-0.39, 0.29) is 11.7 Å². The van der Waals surface area contributed by atoms with Gasteiger partial charge in [-0.3, -0.25) is 4.79 Å². The maximum absolute atomic E-state index is 12.1. The number of amides is 1. The molecule has 0 aromatic heterocycles. The standard InChI is InChI=1S/C14H19N3O4/c1-20-14(6-7-21-9-14)8-16-13(18)11-4-2-10(3-5-11)12(15)17-19/h2-5,19H,6-9H2,1H3,(H2,15,17)(H,16,18). The fourth-order valence-corrected chi connectivity index (χ4v) is 2.15. The molecule has 1 aromatic carbocycles. The number of benzene rings is 1. The van der Waals surface area contributed by atoms with Crippen molar-refractivity contribution in [3.05, 3.63) is 35.4 Å². The summed E-state index contributed by atoms with van der Waals surface area (Å²) in [6.45, 7) is 1.51. The van der Waals surface area contributed by atoms with Crippen LogP contribution in [0, 0.1) is 0 Å². The van der Waals surface area contributed by atoms with E-state index in [1.54, 1.807) is 31.4 Å². The zero-order valence-electron chi connectivity index (χ0n) is 11.8. The molecule has 7 heteroatoms. The number of carbonyl (C=O) groups excluding carboxylic acids is 1. The van der Waals surface area contributed by atoms with Crippen LogP contribution in [-0.4, -0.2) is 49.4 Å². The highest BCUT2D eigenvalue weighted by Crippen LogP contribution is 2.21. The molecule has 0 spiro atoms. The number of nitrogens with two attached hydrogens (primary N) is 1. The number of hydrogen-bond donors (Lipinski definition) is 3. The summed E-state index contributed by atoms with van der Waals surface area (Å²) in [6, 6.07) is 6.48. The van der Waals surface area contributed by atoms with Gasteiger partial charge in [-0.05, 0) is 12.1 Å². The Morgan fingerprint density at radius 3 is 2.67 bits per heavy atom. The number of rotatable bonds is 5. The van der Waals surface area contributed by atoms with Crippen molar-refractivity contribution >= 4 is 11.7 Å². The van der Waals surface area contributed by atoms with Crippen LogP contribution >= 0.6 is 0 Å². The Labute approximate surface area is 122 Å². The van der Waals surface area contributed by atoms with Crippen LogP contribution in [0.1, 0.15) is 22.3 Å². The molecule has 1 heterocycles. The maximum Gasteiger partial charge on any atom is 0.251 e. The number of nitrogens with zero attached hydrogens (tertiary/aromatic N) is 1. The number of ether oxygens (including phenoxy) is 2. The predicted octanol–water partition coefficient (Wildman–Crippen LogP) is 0.316. The summed E-state index contributed by atoms with van der Waals surface area (Å²) in [6.07, 6.45) is 0.756. The van der Waals surface area contributed by atoms with E-state index in [1.165, 1.54) is 0 Å². The van der Waals surface area contributed by atoms with Gasteiger partial charge in [0.1, 0.15) is 5.60 Å². The van der Waals surface area contributed by atoms with Crippen molar-refractivity contribution in [2.45, 2.75) is 12.0 Å². The number of methoxy groups -OCH3 is 1. The average molecular weight is 293 g/mol. The Balaban J connectivity index is 1.97. The van der Waals surface area contributed by atoms with Crippen LogP contribution in [0.5, 0.6) is 0 Å². The van der Waals surface area contributed by atoms with Gasteiger partial charge in [-0.2, -0.15) is 0 Å². The normalized spacial score (nSPS) is 22.2. The SMILES string of the molecule is COC1(CNC(=O)c2ccc(/C(N)=N/O)cc2)CCOC1. The number of carbonyl (C=O) groups is 1. The number of amidine groups is 1. The van der Waals surface area contributed by atoms with E-state index >= 15 is 0 Å². The van der Waals surface area contributed by atoms with Gasteiger partial charge in [0.05, 0.1) is 6.61 Å². The smallest absolute Gasteiger partial charge is 0.251 e. The molecule has 1 aliphatic rings. The Morgan fingerprint density at radius 1 is 1.48 bits per heavy atom. The van der Waals surface area contributed by atoms with E-state index in [4.69, 9.17) is 20.4 Å². The summed E-state index contributed by atoms with van der Waals surface area (Å²) in [5.74, 6) is -0.201. The summed E-state index contributed by atoms with van der Waals surface area (Å²) in [7, 11) is 1.62. The van der Waals surface area contributed by atoms with Crippen molar-refractivity contribution in [2.24, 2.45) is 10.9 Å². The minimum Gasteiger partial charge on any atom is -0.409 e. The number of oxime groups is 1. The van der Waals surface area contributed by atoms with E-state index in [1.807, 2.05) is 0 Å². The molecule has 0 aliphatic carbocycles. The topological polar surface area (TPSA) is 106 Å². The minimum atomic E-state index is -0.441. The third kappa shape index (κ3) is 3.50. The lowest BCUT2D eigenvalue weighted by atomic mass is 10.0. The van der Waals surface area contributed by atoms with Crippen LogP contribution in [0.4, 0.5) is 0 Å². The molecular formula is C14H19N3O4. The van der Waals surface area contributed by atoms with Crippen LogP contribution in [0.25, 0.3) is 0 Å². The van der Waals surface area contributed by atoms with Gasteiger partial charge in [0, 0.05) is 37.8 Å². The first-order chi connectivity index (χ1) is 10.1. The van der Waals surface area contributed by atoms with Gasteiger partial charge in [0.15, 0.2) is 5.84 Å². The van der Waals surface area contributed by atoms with Crippen molar-refractivity contribution in [1.29, 1.82) is 0 Å². The molecule has 1 saturated heterocycles. The van der Waals surface area contributed by atoms with Gasteiger partial charge in [-0.1, -0.05) is 17.3 Å². The average Bonchev–Trinajstić information content (AvgIpc) is 3.01. The molecule has 1 aromatic rings.